The Kier molecular flexibility index (Phi) is 7.54. The van der Waals surface area contributed by atoms with Crippen LogP contribution in [-0.2, 0) is 16.1 Å². The number of aliphatic carboxylic acids is 1. The van der Waals surface area contributed by atoms with Crippen molar-refractivity contribution >= 4 is 30.5 Å². The number of nitrogens with zero attached hydrogens (tertiary/aromatic N) is 5. The lowest BCUT2D eigenvalue weighted by atomic mass is 9.93. The Balaban J connectivity index is 1.49. The van der Waals surface area contributed by atoms with Crippen molar-refractivity contribution in [1.82, 2.24) is 25.1 Å². The second kappa shape index (κ2) is 10.6. The van der Waals surface area contributed by atoms with E-state index in [0.717, 1.165) is 24.8 Å². The van der Waals surface area contributed by atoms with Gasteiger partial charge in [0.05, 0.1) is 12.6 Å². The third-order valence-corrected chi connectivity index (χ3v) is 6.69. The quantitative estimate of drug-likeness (QED) is 0.404. The maximum atomic E-state index is 14.7. The minimum atomic E-state index is -0.817. The van der Waals surface area contributed by atoms with E-state index in [2.05, 4.69) is 15.4 Å². The normalized spacial score (nSPS) is 21.3. The summed E-state index contributed by atoms with van der Waals surface area (Å²) in [5, 5.41) is 21.2. The molecule has 10 heteroatoms. The molecule has 2 fully saturated rings. The predicted octanol–water partition coefficient (Wildman–Crippen LogP) is 3.18. The molecule has 1 aromatic carbocycles. The van der Waals surface area contributed by atoms with Crippen LogP contribution in [0.4, 0.5) is 4.39 Å². The Morgan fingerprint density at radius 1 is 1.24 bits per heavy atom. The van der Waals surface area contributed by atoms with Gasteiger partial charge in [0.1, 0.15) is 5.82 Å². The van der Waals surface area contributed by atoms with Crippen molar-refractivity contribution in [2.75, 3.05) is 13.1 Å². The summed E-state index contributed by atoms with van der Waals surface area (Å²) in [6, 6.07) is 5.91. The van der Waals surface area contributed by atoms with Crippen LogP contribution in [0.5, 0.6) is 0 Å². The second-order valence-electron chi connectivity index (χ2n) is 8.69. The Labute approximate surface area is 197 Å². The van der Waals surface area contributed by atoms with Gasteiger partial charge in [-0.1, -0.05) is 18.2 Å². The molecule has 2 heterocycles. The highest BCUT2D eigenvalue weighted by Gasteiger charge is 2.40. The minimum absolute atomic E-state index is 0.0125. The topological polar surface area (TPSA) is 101 Å². The molecule has 1 aliphatic heterocycles. The largest absolute Gasteiger partial charge is 0.481 e. The van der Waals surface area contributed by atoms with E-state index in [1.54, 1.807) is 18.2 Å². The molecule has 2 aromatic rings. The highest BCUT2D eigenvalue weighted by molar-refractivity contribution is 7.81. The average Bonchev–Trinajstić information content (AvgIpc) is 3.55. The number of thiol groups is 1. The van der Waals surface area contributed by atoms with Gasteiger partial charge in [0.25, 0.3) is 0 Å². The van der Waals surface area contributed by atoms with Crippen molar-refractivity contribution in [3.8, 4) is 0 Å². The van der Waals surface area contributed by atoms with E-state index in [9.17, 15) is 14.0 Å². The summed E-state index contributed by atoms with van der Waals surface area (Å²) in [7, 11) is 0. The number of aromatic nitrogens is 4. The number of hydrogen-bond donors (Lipinski definition) is 2. The van der Waals surface area contributed by atoms with Crippen LogP contribution in [-0.4, -0.2) is 60.3 Å². The van der Waals surface area contributed by atoms with Crippen LogP contribution < -0.4 is 0 Å². The van der Waals surface area contributed by atoms with Crippen LogP contribution >= 0.6 is 12.6 Å². The number of ketones is 1. The molecule has 4 rings (SSSR count). The Morgan fingerprint density at radius 3 is 2.76 bits per heavy atom. The molecule has 1 aromatic heterocycles. The van der Waals surface area contributed by atoms with Gasteiger partial charge in [0, 0.05) is 36.2 Å². The van der Waals surface area contributed by atoms with Crippen molar-refractivity contribution in [3.05, 3.63) is 47.0 Å². The molecule has 1 aliphatic carbocycles. The van der Waals surface area contributed by atoms with Crippen molar-refractivity contribution in [1.29, 1.82) is 0 Å². The molecular weight excluding hydrogens is 445 g/mol. The standard InChI is InChI=1S/C23H28FN5O3S/c24-18-6-2-1-5-17(18)22(23(32)15-8-9-15)28-12-10-19(33)16(14-28)13-20-25-27-29(26-20)11-4-3-7-21(30)31/h1-2,5-6,13,15,19,22,33H,3-4,7-12,14H2,(H,30,31). The predicted molar refractivity (Wildman–Crippen MR) is 123 cm³/mol. The van der Waals surface area contributed by atoms with Gasteiger partial charge in [-0.3, -0.25) is 14.5 Å². The summed E-state index contributed by atoms with van der Waals surface area (Å²) in [6.45, 7) is 1.61. The third kappa shape index (κ3) is 6.05. The molecule has 1 N–H and O–H groups in total. The molecule has 0 bridgehead atoms. The van der Waals surface area contributed by atoms with Crippen molar-refractivity contribution in [3.63, 3.8) is 0 Å². The zero-order valence-electron chi connectivity index (χ0n) is 18.3. The van der Waals surface area contributed by atoms with Crippen molar-refractivity contribution in [2.24, 2.45) is 5.92 Å². The molecule has 2 unspecified atom stereocenters. The van der Waals surface area contributed by atoms with E-state index >= 15 is 0 Å². The van der Waals surface area contributed by atoms with Gasteiger partial charge in [0.2, 0.25) is 0 Å². The third-order valence-electron chi connectivity index (χ3n) is 6.10. The fourth-order valence-electron chi connectivity index (χ4n) is 4.18. The number of carbonyl (C=O) groups is 2. The molecule has 0 radical (unpaired) electrons. The number of aryl methyl sites for hydroxylation is 1. The molecule has 176 valence electrons. The van der Waals surface area contributed by atoms with Crippen molar-refractivity contribution < 1.29 is 19.1 Å². The molecule has 2 aliphatic rings. The molecule has 0 amide bonds. The van der Waals surface area contributed by atoms with Crippen LogP contribution in [0.1, 0.15) is 56.0 Å². The van der Waals surface area contributed by atoms with E-state index in [1.807, 2.05) is 11.0 Å². The number of halogens is 1. The maximum absolute atomic E-state index is 14.7. The van der Waals surface area contributed by atoms with Crippen LogP contribution in [0.15, 0.2) is 29.8 Å². The Hall–Kier alpha value is -2.59. The SMILES string of the molecule is O=C(O)CCCCn1nnc(C=C2CN(C(C(=O)C3CC3)c3ccccc3F)CCC2S)n1. The second-order valence-corrected chi connectivity index (χ2v) is 9.31. The fourth-order valence-corrected chi connectivity index (χ4v) is 4.45. The molecule has 1 saturated carbocycles. The van der Waals surface area contributed by atoms with E-state index in [0.29, 0.717) is 43.9 Å². The number of Topliss-reactive ketones (excluding diaryl/α,β-unsaturated/α-hetero) is 1. The van der Waals surface area contributed by atoms with Gasteiger partial charge in [0.15, 0.2) is 11.6 Å². The summed E-state index contributed by atoms with van der Waals surface area (Å²) in [6.07, 6.45) is 5.62. The number of benzene rings is 1. The van der Waals surface area contributed by atoms with Crippen LogP contribution in [0.25, 0.3) is 6.08 Å². The number of hydrogen-bond acceptors (Lipinski definition) is 7. The molecule has 1 saturated heterocycles. The van der Waals surface area contributed by atoms with Gasteiger partial charge in [-0.25, -0.2) is 4.39 Å². The molecular formula is C23H28FN5O3S. The fraction of sp³-hybridized carbons (Fsp3) is 0.522. The highest BCUT2D eigenvalue weighted by Crippen LogP contribution is 2.39. The Morgan fingerprint density at radius 2 is 2.03 bits per heavy atom. The van der Waals surface area contributed by atoms with E-state index in [1.165, 1.54) is 10.9 Å². The van der Waals surface area contributed by atoms with E-state index in [4.69, 9.17) is 17.7 Å². The average molecular weight is 474 g/mol. The van der Waals surface area contributed by atoms with E-state index in [-0.39, 0.29) is 29.2 Å². The summed E-state index contributed by atoms with van der Waals surface area (Å²) in [5.41, 5.74) is 1.39. The summed E-state index contributed by atoms with van der Waals surface area (Å²) < 4.78 is 14.7. The van der Waals surface area contributed by atoms with Gasteiger partial charge >= 0.3 is 5.97 Å². The van der Waals surface area contributed by atoms with Gasteiger partial charge in [-0.2, -0.15) is 17.4 Å². The number of carboxylic acid groups (broad SMARTS) is 1. The Bertz CT molecular complexity index is 1040. The number of tetrazole rings is 1. The van der Waals surface area contributed by atoms with Crippen LogP contribution in [0.3, 0.4) is 0 Å². The summed E-state index contributed by atoms with van der Waals surface area (Å²) in [4.78, 5) is 27.3. The maximum Gasteiger partial charge on any atom is 0.303 e. The zero-order valence-corrected chi connectivity index (χ0v) is 19.2. The molecule has 8 nitrogen and oxygen atoms in total. The van der Waals surface area contributed by atoms with E-state index < -0.39 is 12.0 Å². The molecule has 2 atom stereocenters. The van der Waals surface area contributed by atoms with Crippen LogP contribution in [0.2, 0.25) is 0 Å². The first-order valence-corrected chi connectivity index (χ1v) is 11.8. The number of carbonyl (C=O) groups excluding carboxylic acids is 1. The first-order chi connectivity index (χ1) is 15.9. The number of piperidine rings is 1. The van der Waals surface area contributed by atoms with Crippen LogP contribution in [0, 0.1) is 11.7 Å². The first-order valence-electron chi connectivity index (χ1n) is 11.3. The lowest BCUT2D eigenvalue weighted by molar-refractivity contribution is -0.137. The molecule has 33 heavy (non-hydrogen) atoms. The zero-order chi connectivity index (χ0) is 23.4. The van der Waals surface area contributed by atoms with Crippen molar-refractivity contribution in [2.45, 2.75) is 56.4 Å². The lowest BCUT2D eigenvalue weighted by Crippen LogP contribution is -2.42. The smallest absolute Gasteiger partial charge is 0.303 e. The summed E-state index contributed by atoms with van der Waals surface area (Å²) >= 11 is 4.71. The van der Waals surface area contributed by atoms with Gasteiger partial charge < -0.3 is 5.11 Å². The number of unbranched alkanes of at least 4 members (excludes halogenated alkanes) is 1. The summed E-state index contributed by atoms with van der Waals surface area (Å²) in [5.74, 6) is -0.633. The number of carboxylic acids is 1. The van der Waals surface area contributed by atoms with Gasteiger partial charge in [-0.05, 0) is 55.0 Å². The highest BCUT2D eigenvalue weighted by atomic mass is 32.1. The molecule has 0 spiro atoms. The monoisotopic (exact) mass is 473 g/mol. The lowest BCUT2D eigenvalue weighted by Gasteiger charge is -2.37. The number of likely N-dealkylation sites (tertiary alicyclic amines) is 1. The minimum Gasteiger partial charge on any atom is -0.481 e. The first kappa shape index (κ1) is 23.6. The van der Waals surface area contributed by atoms with Gasteiger partial charge in [-0.15, -0.1) is 10.2 Å². The number of rotatable bonds is 10.